The van der Waals surface area contributed by atoms with Crippen molar-refractivity contribution in [2.24, 2.45) is 0 Å². The number of nitrogens with zero attached hydrogens (tertiary/aromatic N) is 2. The van der Waals surface area contributed by atoms with Crippen LogP contribution in [0.3, 0.4) is 0 Å². The quantitative estimate of drug-likeness (QED) is 0.483. The van der Waals surface area contributed by atoms with Crippen LogP contribution >= 0.6 is 0 Å². The average molecular weight is 218 g/mol. The van der Waals surface area contributed by atoms with E-state index in [1.807, 2.05) is 0 Å². The van der Waals surface area contributed by atoms with Crippen molar-refractivity contribution in [2.75, 3.05) is 0 Å². The summed E-state index contributed by atoms with van der Waals surface area (Å²) in [5.74, 6) is 0. The number of fused-ring (bicyclic) bond motifs is 2. The van der Waals surface area contributed by atoms with Gasteiger partial charge in [-0.05, 0) is 6.92 Å². The Bertz CT molecular complexity index is 583. The van der Waals surface area contributed by atoms with Crippen molar-refractivity contribution in [1.29, 1.82) is 0 Å². The molecule has 0 saturated heterocycles. The first-order valence-corrected chi connectivity index (χ1v) is 5.08. The van der Waals surface area contributed by atoms with E-state index in [1.54, 1.807) is 31.2 Å². The molecule has 5 nitrogen and oxygen atoms in total. The number of rotatable bonds is 0. The molecule has 5 heteroatoms. The van der Waals surface area contributed by atoms with E-state index in [9.17, 15) is 10.4 Å². The van der Waals surface area contributed by atoms with E-state index >= 15 is 0 Å². The third kappa shape index (κ3) is 1.03. The fourth-order valence-corrected chi connectivity index (χ4v) is 2.12. The normalized spacial score (nSPS) is 18.9. The minimum absolute atomic E-state index is 0.201. The monoisotopic (exact) mass is 218 g/mol. The van der Waals surface area contributed by atoms with Crippen molar-refractivity contribution in [2.45, 2.75) is 19.6 Å². The molecular formula is C11H10N2O3. The van der Waals surface area contributed by atoms with Crippen LogP contribution in [0.5, 0.6) is 0 Å². The van der Waals surface area contributed by atoms with Crippen LogP contribution in [0.1, 0.15) is 24.4 Å². The van der Waals surface area contributed by atoms with Gasteiger partial charge in [0.05, 0.1) is 0 Å². The molecule has 0 amide bonds. The van der Waals surface area contributed by atoms with Gasteiger partial charge in [-0.3, -0.25) is 0 Å². The van der Waals surface area contributed by atoms with Gasteiger partial charge in [-0.1, -0.05) is 12.1 Å². The summed E-state index contributed by atoms with van der Waals surface area (Å²) in [7, 11) is 0. The molecule has 0 saturated carbocycles. The highest BCUT2D eigenvalue weighted by Crippen LogP contribution is 2.25. The van der Waals surface area contributed by atoms with Crippen molar-refractivity contribution in [3.05, 3.63) is 46.1 Å². The molecule has 16 heavy (non-hydrogen) atoms. The van der Waals surface area contributed by atoms with Crippen LogP contribution in [0, 0.1) is 10.4 Å². The van der Waals surface area contributed by atoms with Crippen LogP contribution in [0.4, 0.5) is 0 Å². The topological polar surface area (TPSA) is 63.1 Å². The molecule has 3 rings (SSSR count). The molecular weight excluding hydrogens is 208 g/mol. The number of aromatic nitrogens is 2. The summed E-state index contributed by atoms with van der Waals surface area (Å²) in [5.41, 5.74) is 1.61. The minimum atomic E-state index is -0.322. The summed E-state index contributed by atoms with van der Waals surface area (Å²) in [6.45, 7) is 1.97. The molecule has 0 fully saturated rings. The Labute approximate surface area is 91.7 Å². The van der Waals surface area contributed by atoms with Crippen molar-refractivity contribution in [1.82, 2.24) is 0 Å². The van der Waals surface area contributed by atoms with Gasteiger partial charge in [0, 0.05) is 12.1 Å². The van der Waals surface area contributed by atoms with E-state index in [1.165, 1.54) is 0 Å². The molecule has 2 aromatic rings. The Morgan fingerprint density at radius 1 is 1.19 bits per heavy atom. The van der Waals surface area contributed by atoms with Gasteiger partial charge in [0.1, 0.15) is 12.7 Å². The van der Waals surface area contributed by atoms with Gasteiger partial charge < -0.3 is 15.2 Å². The predicted octanol–water partition coefficient (Wildman–Crippen LogP) is 0.698. The maximum Gasteiger partial charge on any atom is 0.293 e. The van der Waals surface area contributed by atoms with Gasteiger partial charge in [-0.25, -0.2) is 0 Å². The second kappa shape index (κ2) is 3.05. The number of para-hydroxylation sites is 2. The lowest BCUT2D eigenvalue weighted by molar-refractivity contribution is -0.639. The molecule has 1 aromatic carbocycles. The molecule has 1 aromatic heterocycles. The molecule has 0 bridgehead atoms. The highest BCUT2D eigenvalue weighted by atomic mass is 16.5. The van der Waals surface area contributed by atoms with Gasteiger partial charge >= 0.3 is 0 Å². The van der Waals surface area contributed by atoms with Gasteiger partial charge in [-0.15, -0.1) is 0 Å². The first kappa shape index (κ1) is 9.35. The SMILES string of the molecule is CC1OCc2c1[n+]([O-])c1ccccc1[n+]2[O-]. The first-order valence-electron chi connectivity index (χ1n) is 5.08. The predicted molar refractivity (Wildman–Crippen MR) is 55.1 cm³/mol. The lowest BCUT2D eigenvalue weighted by atomic mass is 10.2. The molecule has 82 valence electrons. The molecule has 0 radical (unpaired) electrons. The van der Waals surface area contributed by atoms with Crippen molar-refractivity contribution < 1.29 is 14.2 Å². The third-order valence-corrected chi connectivity index (χ3v) is 2.93. The molecule has 1 unspecified atom stereocenters. The number of hydrogen-bond donors (Lipinski definition) is 0. The molecule has 2 heterocycles. The highest BCUT2D eigenvalue weighted by molar-refractivity contribution is 5.67. The summed E-state index contributed by atoms with van der Waals surface area (Å²) < 4.78 is 6.91. The maximum atomic E-state index is 12.1. The van der Waals surface area contributed by atoms with Crippen molar-refractivity contribution in [3.8, 4) is 0 Å². The van der Waals surface area contributed by atoms with Crippen LogP contribution in [0.15, 0.2) is 24.3 Å². The van der Waals surface area contributed by atoms with Gasteiger partial charge in [0.15, 0.2) is 0 Å². The summed E-state index contributed by atoms with van der Waals surface area (Å²) in [5, 5.41) is 24.1. The minimum Gasteiger partial charge on any atom is -0.618 e. The van der Waals surface area contributed by atoms with Crippen LogP contribution < -0.4 is 9.46 Å². The Morgan fingerprint density at radius 2 is 1.81 bits per heavy atom. The van der Waals surface area contributed by atoms with Crippen molar-refractivity contribution >= 4 is 11.0 Å². The van der Waals surface area contributed by atoms with E-state index in [2.05, 4.69) is 0 Å². The lowest BCUT2D eigenvalue weighted by Crippen LogP contribution is -2.44. The van der Waals surface area contributed by atoms with Crippen molar-refractivity contribution in [3.63, 3.8) is 0 Å². The Hall–Kier alpha value is -1.88. The van der Waals surface area contributed by atoms with Gasteiger partial charge in [-0.2, -0.15) is 9.46 Å². The zero-order valence-corrected chi connectivity index (χ0v) is 8.71. The van der Waals surface area contributed by atoms with E-state index in [0.717, 1.165) is 9.46 Å². The van der Waals surface area contributed by atoms with E-state index < -0.39 is 0 Å². The molecule has 0 spiro atoms. The first-order chi connectivity index (χ1) is 7.70. The van der Waals surface area contributed by atoms with Gasteiger partial charge in [0.25, 0.3) is 22.4 Å². The molecule has 1 aliphatic heterocycles. The van der Waals surface area contributed by atoms with Crippen LogP contribution in [-0.4, -0.2) is 0 Å². The van der Waals surface area contributed by atoms with E-state index in [0.29, 0.717) is 22.4 Å². The largest absolute Gasteiger partial charge is 0.618 e. The zero-order valence-electron chi connectivity index (χ0n) is 8.71. The summed E-state index contributed by atoms with van der Waals surface area (Å²) in [6, 6.07) is 6.76. The Balaban J connectivity index is 2.49. The van der Waals surface area contributed by atoms with Gasteiger partial charge in [0.2, 0.25) is 0 Å². The zero-order chi connectivity index (χ0) is 11.3. The van der Waals surface area contributed by atoms with Crippen LogP contribution in [0.2, 0.25) is 0 Å². The third-order valence-electron chi connectivity index (χ3n) is 2.93. The highest BCUT2D eigenvalue weighted by Gasteiger charge is 2.37. The standard InChI is InChI=1S/C11H10N2O3/c1-7-11-10(6-16-7)12(14)8-4-2-3-5-9(8)13(11)15/h2-5,7H,6H2,1H3. The Morgan fingerprint density at radius 3 is 2.50 bits per heavy atom. The lowest BCUT2D eigenvalue weighted by Gasteiger charge is -2.08. The number of benzene rings is 1. The number of hydrogen-bond acceptors (Lipinski definition) is 3. The van der Waals surface area contributed by atoms with E-state index in [-0.39, 0.29) is 12.7 Å². The smallest absolute Gasteiger partial charge is 0.293 e. The van der Waals surface area contributed by atoms with Crippen LogP contribution in [-0.2, 0) is 11.3 Å². The van der Waals surface area contributed by atoms with E-state index in [4.69, 9.17) is 4.74 Å². The maximum absolute atomic E-state index is 12.1. The number of ether oxygens (including phenoxy) is 1. The second-order valence-electron chi connectivity index (χ2n) is 3.86. The average Bonchev–Trinajstić information content (AvgIpc) is 2.69. The summed E-state index contributed by atoms with van der Waals surface area (Å²) >= 11 is 0. The fraction of sp³-hybridized carbons (Fsp3) is 0.273. The molecule has 0 aliphatic carbocycles. The Kier molecular flexibility index (Phi) is 1.79. The fourth-order valence-electron chi connectivity index (χ4n) is 2.12. The molecule has 1 atom stereocenters. The van der Waals surface area contributed by atoms with Crippen LogP contribution in [0.25, 0.3) is 11.0 Å². The summed E-state index contributed by atoms with van der Waals surface area (Å²) in [4.78, 5) is 0. The summed E-state index contributed by atoms with van der Waals surface area (Å²) in [6.07, 6.45) is -0.322. The second-order valence-corrected chi connectivity index (χ2v) is 3.86. The molecule has 0 N–H and O–H groups in total. The molecule has 1 aliphatic rings.